The monoisotopic (exact) mass is 478 g/mol. The fourth-order valence-corrected chi connectivity index (χ4v) is 4.04. The van der Waals surface area contributed by atoms with Crippen LogP contribution in [0.25, 0.3) is 0 Å². The molecule has 0 aromatic rings. The lowest BCUT2D eigenvalue weighted by molar-refractivity contribution is -0.173. The summed E-state index contributed by atoms with van der Waals surface area (Å²) in [6, 6.07) is 0. The Kier molecular flexibility index (Phi) is 14.8. The van der Waals surface area contributed by atoms with Crippen LogP contribution in [0.4, 0.5) is 13.2 Å². The largest absolute Gasteiger partial charge is 0.471 e. The summed E-state index contributed by atoms with van der Waals surface area (Å²) < 4.78 is 64.6. The molecule has 0 saturated heterocycles. The van der Waals surface area contributed by atoms with Gasteiger partial charge in [-0.1, -0.05) is 19.8 Å². The van der Waals surface area contributed by atoms with E-state index >= 15 is 0 Å². The molecule has 8 nitrogen and oxygen atoms in total. The summed E-state index contributed by atoms with van der Waals surface area (Å²) in [5.74, 6) is -1.95. The Labute approximate surface area is 182 Å². The van der Waals surface area contributed by atoms with Crippen molar-refractivity contribution < 1.29 is 41.4 Å². The molecule has 0 heterocycles. The number of nitrogens with one attached hydrogen (secondary N) is 1. The number of hydrogen-bond donors (Lipinski definition) is 3. The van der Waals surface area contributed by atoms with Gasteiger partial charge in [0.25, 0.3) is 0 Å². The Morgan fingerprint density at radius 3 is 2.29 bits per heavy atom. The van der Waals surface area contributed by atoms with Crippen LogP contribution in [0.1, 0.15) is 51.9 Å². The van der Waals surface area contributed by atoms with Gasteiger partial charge in [0.05, 0.1) is 19.8 Å². The van der Waals surface area contributed by atoms with E-state index in [-0.39, 0.29) is 25.2 Å². The Morgan fingerprint density at radius 2 is 1.77 bits per heavy atom. The number of halogens is 3. The van der Waals surface area contributed by atoms with Crippen molar-refractivity contribution in [3.63, 3.8) is 0 Å². The highest BCUT2D eigenvalue weighted by atomic mass is 31.2. The van der Waals surface area contributed by atoms with Gasteiger partial charge in [0, 0.05) is 20.3 Å². The molecule has 0 aliphatic carbocycles. The van der Waals surface area contributed by atoms with Crippen LogP contribution >= 0.6 is 7.60 Å². The zero-order valence-corrected chi connectivity index (χ0v) is 19.6. The zero-order valence-electron chi connectivity index (χ0n) is 18.7. The molecule has 0 aromatic heterocycles. The molecule has 0 saturated carbocycles. The van der Waals surface area contributed by atoms with Crippen LogP contribution in [0.15, 0.2) is 0 Å². The molecule has 12 heteroatoms. The highest BCUT2D eigenvalue weighted by molar-refractivity contribution is 7.51. The van der Waals surface area contributed by atoms with Crippen LogP contribution < -0.4 is 11.1 Å². The molecule has 3 atom stereocenters. The van der Waals surface area contributed by atoms with Gasteiger partial charge in [-0.25, -0.2) is 0 Å². The Bertz CT molecular complexity index is 537. The molecule has 0 aliphatic rings. The van der Waals surface area contributed by atoms with Crippen molar-refractivity contribution in [1.82, 2.24) is 5.32 Å². The van der Waals surface area contributed by atoms with Gasteiger partial charge in [-0.3, -0.25) is 9.36 Å². The lowest BCUT2D eigenvalue weighted by atomic mass is 9.75. The maximum Gasteiger partial charge on any atom is 0.471 e. The molecule has 4 N–H and O–H groups in total. The minimum Gasteiger partial charge on any atom is -0.382 e. The molecule has 0 bridgehead atoms. The van der Waals surface area contributed by atoms with Crippen molar-refractivity contribution in [2.45, 2.75) is 64.1 Å². The lowest BCUT2D eigenvalue weighted by Gasteiger charge is -2.35. The third-order valence-corrected chi connectivity index (χ3v) is 5.50. The van der Waals surface area contributed by atoms with Crippen LogP contribution in [0.3, 0.4) is 0 Å². The van der Waals surface area contributed by atoms with Crippen LogP contribution in [-0.2, 0) is 23.4 Å². The van der Waals surface area contributed by atoms with Crippen molar-refractivity contribution >= 4 is 13.5 Å². The quantitative estimate of drug-likeness (QED) is 0.204. The first kappa shape index (κ1) is 30.3. The molecule has 0 aliphatic heterocycles. The second kappa shape index (κ2) is 15.2. The molecule has 0 radical (unpaired) electrons. The molecule has 1 amide bonds. The third kappa shape index (κ3) is 14.9. The summed E-state index contributed by atoms with van der Waals surface area (Å²) in [7, 11) is -2.28. The third-order valence-electron chi connectivity index (χ3n) is 4.81. The highest BCUT2D eigenvalue weighted by Gasteiger charge is 2.38. The number of rotatable bonds is 18. The van der Waals surface area contributed by atoms with Crippen molar-refractivity contribution in [1.29, 1.82) is 0 Å². The Morgan fingerprint density at radius 1 is 1.16 bits per heavy atom. The summed E-state index contributed by atoms with van der Waals surface area (Å²) in [5.41, 5.74) is 5.35. The van der Waals surface area contributed by atoms with Crippen molar-refractivity contribution in [3.8, 4) is 0 Å². The summed E-state index contributed by atoms with van der Waals surface area (Å²) in [4.78, 5) is 20.5. The van der Waals surface area contributed by atoms with Gasteiger partial charge < -0.3 is 29.9 Å². The summed E-state index contributed by atoms with van der Waals surface area (Å²) in [5, 5.41) is 1.90. The van der Waals surface area contributed by atoms with Crippen molar-refractivity contribution in [2.24, 2.45) is 11.1 Å². The minimum absolute atomic E-state index is 0.0353. The zero-order chi connectivity index (χ0) is 24.0. The maximum absolute atomic E-state index is 12.4. The number of amides is 1. The smallest absolute Gasteiger partial charge is 0.382 e. The van der Waals surface area contributed by atoms with E-state index in [1.807, 2.05) is 12.2 Å². The first-order chi connectivity index (χ1) is 14.4. The topological polar surface area (TPSA) is 120 Å². The van der Waals surface area contributed by atoms with Crippen LogP contribution in [0.5, 0.6) is 0 Å². The molecule has 0 aromatic carbocycles. The fourth-order valence-electron chi connectivity index (χ4n) is 3.36. The molecule has 0 fully saturated rings. The minimum atomic E-state index is -4.90. The van der Waals surface area contributed by atoms with Gasteiger partial charge in [0.2, 0.25) is 0 Å². The number of carbonyl (C=O) groups is 1. The van der Waals surface area contributed by atoms with E-state index in [9.17, 15) is 27.4 Å². The SMILES string of the molecule is CCCCC(CCCN)(CCCNC(=O)C(F)(F)F)COCC(COC)OP(C)(=O)O. The van der Waals surface area contributed by atoms with Gasteiger partial charge >= 0.3 is 19.7 Å². The van der Waals surface area contributed by atoms with Gasteiger partial charge in [-0.05, 0) is 44.1 Å². The van der Waals surface area contributed by atoms with Gasteiger partial charge in [0.1, 0.15) is 6.10 Å². The Balaban J connectivity index is 5.02. The first-order valence-corrected chi connectivity index (χ1v) is 12.5. The van der Waals surface area contributed by atoms with E-state index < -0.39 is 25.8 Å². The second-order valence-electron chi connectivity index (χ2n) is 7.85. The van der Waals surface area contributed by atoms with E-state index in [2.05, 4.69) is 0 Å². The second-order valence-corrected chi connectivity index (χ2v) is 9.67. The fraction of sp³-hybridized carbons (Fsp3) is 0.947. The predicted octanol–water partition coefficient (Wildman–Crippen LogP) is 3.22. The van der Waals surface area contributed by atoms with Crippen LogP contribution in [0.2, 0.25) is 0 Å². The number of nitrogens with two attached hydrogens (primary N) is 1. The highest BCUT2D eigenvalue weighted by Crippen LogP contribution is 2.39. The standard InChI is InChI=1S/C19H38F3N2O6P/c1-4-5-8-18(9-6-11-23,10-7-12-24-17(25)19(20,21)22)15-29-14-16(13-28-2)30-31(3,26)27/h16H,4-15,23H2,1-3H3,(H,24,25)(H,26,27). The van der Waals surface area contributed by atoms with E-state index in [0.29, 0.717) is 26.0 Å². The molecule has 0 rings (SSSR count). The predicted molar refractivity (Wildman–Crippen MR) is 112 cm³/mol. The average Bonchev–Trinajstić information content (AvgIpc) is 2.65. The van der Waals surface area contributed by atoms with E-state index in [0.717, 1.165) is 38.8 Å². The number of ether oxygens (including phenoxy) is 2. The van der Waals surface area contributed by atoms with Gasteiger partial charge in [-0.2, -0.15) is 13.2 Å². The normalized spacial score (nSPS) is 17.0. The van der Waals surface area contributed by atoms with Gasteiger partial charge in [0.15, 0.2) is 0 Å². The maximum atomic E-state index is 12.4. The van der Waals surface area contributed by atoms with E-state index in [1.165, 1.54) is 7.11 Å². The number of carbonyl (C=O) groups excluding carboxylic acids is 1. The summed E-state index contributed by atoms with van der Waals surface area (Å²) >= 11 is 0. The molecule has 3 unspecified atom stereocenters. The van der Waals surface area contributed by atoms with Crippen molar-refractivity contribution in [3.05, 3.63) is 0 Å². The van der Waals surface area contributed by atoms with E-state index in [4.69, 9.17) is 19.7 Å². The number of methoxy groups -OCH3 is 1. The average molecular weight is 478 g/mol. The number of unbranched alkanes of at least 4 members (excludes halogenated alkanes) is 1. The van der Waals surface area contributed by atoms with Crippen LogP contribution in [-0.4, -0.2) is 69.8 Å². The molecular weight excluding hydrogens is 440 g/mol. The Hall–Kier alpha value is -0.710. The summed E-state index contributed by atoms with van der Waals surface area (Å²) in [6.45, 7) is 3.91. The van der Waals surface area contributed by atoms with Crippen molar-refractivity contribution in [2.75, 3.05) is 46.7 Å². The molecule has 0 spiro atoms. The molecule has 31 heavy (non-hydrogen) atoms. The first-order valence-electron chi connectivity index (χ1n) is 10.5. The number of hydrogen-bond acceptors (Lipinski definition) is 6. The van der Waals surface area contributed by atoms with Crippen LogP contribution in [0, 0.1) is 5.41 Å². The van der Waals surface area contributed by atoms with E-state index in [1.54, 1.807) is 0 Å². The number of alkyl halides is 3. The lowest BCUT2D eigenvalue weighted by Crippen LogP contribution is -2.38. The molecular formula is C19H38F3N2O6P. The molecule has 186 valence electrons. The summed E-state index contributed by atoms with van der Waals surface area (Å²) in [6.07, 6.45) is -0.640. The van der Waals surface area contributed by atoms with Gasteiger partial charge in [-0.15, -0.1) is 0 Å².